The predicted molar refractivity (Wildman–Crippen MR) is 37.7 cm³/mol. The quantitative estimate of drug-likeness (QED) is 0.469. The molecule has 0 aliphatic heterocycles. The molecule has 0 aliphatic rings. The summed E-state index contributed by atoms with van der Waals surface area (Å²) >= 11 is 0. The summed E-state index contributed by atoms with van der Waals surface area (Å²) in [4.78, 5) is 11.5. The van der Waals surface area contributed by atoms with Gasteiger partial charge in [0.15, 0.2) is 0 Å². The van der Waals surface area contributed by atoms with Crippen LogP contribution >= 0.6 is 0 Å². The molecule has 0 aromatic carbocycles. The highest BCUT2D eigenvalue weighted by atomic mass is 16.4. The summed E-state index contributed by atoms with van der Waals surface area (Å²) in [7, 11) is 0. The zero-order valence-electron chi connectivity index (χ0n) is 5.79. The molecule has 0 aliphatic carbocycles. The molecule has 0 aromatic rings. The van der Waals surface area contributed by atoms with Crippen molar-refractivity contribution in [2.75, 3.05) is 26.2 Å². The number of amides is 1. The van der Waals surface area contributed by atoms with Crippen molar-refractivity contribution in [3.05, 3.63) is 0 Å². The second-order valence-corrected chi connectivity index (χ2v) is 1.85. The van der Waals surface area contributed by atoms with Crippen molar-refractivity contribution in [3.8, 4) is 0 Å². The van der Waals surface area contributed by atoms with Crippen LogP contribution < -0.4 is 11.5 Å². The van der Waals surface area contributed by atoms with Crippen LogP contribution in [0.5, 0.6) is 0 Å². The van der Waals surface area contributed by atoms with E-state index in [4.69, 9.17) is 16.6 Å². The van der Waals surface area contributed by atoms with Gasteiger partial charge in [0.05, 0.1) is 0 Å². The van der Waals surface area contributed by atoms with Gasteiger partial charge in [0.2, 0.25) is 0 Å². The number of nitrogens with zero attached hydrogens (tertiary/aromatic N) is 1. The maximum Gasteiger partial charge on any atom is 0.407 e. The van der Waals surface area contributed by atoms with Crippen molar-refractivity contribution in [2.24, 2.45) is 11.5 Å². The lowest BCUT2D eigenvalue weighted by atomic mass is 10.5. The number of carboxylic acid groups (broad SMARTS) is 1. The number of hydrogen-bond donors (Lipinski definition) is 3. The molecule has 0 bridgehead atoms. The molecule has 60 valence electrons. The van der Waals surface area contributed by atoms with Crippen molar-refractivity contribution in [3.63, 3.8) is 0 Å². The second kappa shape index (κ2) is 5.01. The lowest BCUT2D eigenvalue weighted by molar-refractivity contribution is 0.148. The van der Waals surface area contributed by atoms with Gasteiger partial charge in [0.1, 0.15) is 0 Å². The molecule has 0 atom stereocenters. The normalized spacial score (nSPS) is 9.40. The van der Waals surface area contributed by atoms with Crippen molar-refractivity contribution < 1.29 is 9.90 Å². The molecular weight excluding hydrogens is 134 g/mol. The number of hydrogen-bond acceptors (Lipinski definition) is 3. The Morgan fingerprint density at radius 2 is 1.70 bits per heavy atom. The smallest absolute Gasteiger partial charge is 0.407 e. The van der Waals surface area contributed by atoms with Crippen molar-refractivity contribution in [1.29, 1.82) is 0 Å². The summed E-state index contributed by atoms with van der Waals surface area (Å²) in [5, 5.41) is 8.45. The number of carbonyl (C=O) groups is 1. The van der Waals surface area contributed by atoms with Crippen molar-refractivity contribution in [1.82, 2.24) is 4.90 Å². The first-order chi connectivity index (χ1) is 4.72. The van der Waals surface area contributed by atoms with E-state index in [1.165, 1.54) is 4.90 Å². The van der Waals surface area contributed by atoms with Crippen molar-refractivity contribution >= 4 is 6.09 Å². The maximum atomic E-state index is 10.3. The van der Waals surface area contributed by atoms with E-state index in [9.17, 15) is 4.79 Å². The first-order valence-corrected chi connectivity index (χ1v) is 3.10. The Balaban J connectivity index is 3.61. The van der Waals surface area contributed by atoms with E-state index in [1.807, 2.05) is 0 Å². The van der Waals surface area contributed by atoms with Crippen LogP contribution in [0.25, 0.3) is 0 Å². The third kappa shape index (κ3) is 3.26. The fourth-order valence-corrected chi connectivity index (χ4v) is 0.615. The molecule has 0 saturated carbocycles. The Bertz CT molecular complexity index is 101. The molecule has 5 nitrogen and oxygen atoms in total. The Hall–Kier alpha value is -0.810. The number of rotatable bonds is 4. The molecule has 0 rings (SSSR count). The lowest BCUT2D eigenvalue weighted by Gasteiger charge is -2.16. The van der Waals surface area contributed by atoms with Crippen LogP contribution in [-0.2, 0) is 0 Å². The van der Waals surface area contributed by atoms with Gasteiger partial charge in [0.25, 0.3) is 0 Å². The topological polar surface area (TPSA) is 92.6 Å². The van der Waals surface area contributed by atoms with E-state index in [1.54, 1.807) is 0 Å². The minimum Gasteiger partial charge on any atom is -0.465 e. The molecular formula is C5H13N3O2. The molecule has 0 spiro atoms. The monoisotopic (exact) mass is 147 g/mol. The van der Waals surface area contributed by atoms with Crippen LogP contribution in [0.4, 0.5) is 4.79 Å². The van der Waals surface area contributed by atoms with Gasteiger partial charge in [-0.3, -0.25) is 0 Å². The predicted octanol–water partition coefficient (Wildman–Crippen LogP) is -1.12. The Labute approximate surface area is 59.6 Å². The van der Waals surface area contributed by atoms with E-state index in [2.05, 4.69) is 0 Å². The Morgan fingerprint density at radius 1 is 1.30 bits per heavy atom. The zero-order valence-corrected chi connectivity index (χ0v) is 5.79. The Morgan fingerprint density at radius 3 is 1.90 bits per heavy atom. The van der Waals surface area contributed by atoms with E-state index in [0.29, 0.717) is 26.2 Å². The van der Waals surface area contributed by atoms with Gasteiger partial charge < -0.3 is 21.5 Å². The molecule has 0 unspecified atom stereocenters. The standard InChI is InChI=1S/C5H13N3O2/c6-1-3-8(4-2-7)5(9)10/h1-4,6-7H2,(H,9,10). The summed E-state index contributed by atoms with van der Waals surface area (Å²) < 4.78 is 0. The third-order valence-electron chi connectivity index (χ3n) is 1.07. The molecule has 0 radical (unpaired) electrons. The molecule has 0 aromatic heterocycles. The second-order valence-electron chi connectivity index (χ2n) is 1.85. The van der Waals surface area contributed by atoms with Crippen LogP contribution in [0.1, 0.15) is 0 Å². The summed E-state index contributed by atoms with van der Waals surface area (Å²) in [5.41, 5.74) is 10.3. The maximum absolute atomic E-state index is 10.3. The van der Waals surface area contributed by atoms with Gasteiger partial charge in [-0.1, -0.05) is 0 Å². The van der Waals surface area contributed by atoms with E-state index >= 15 is 0 Å². The first-order valence-electron chi connectivity index (χ1n) is 3.10. The SMILES string of the molecule is NCCN(CCN)C(=O)O. The number of nitrogens with two attached hydrogens (primary N) is 2. The zero-order chi connectivity index (χ0) is 7.98. The minimum absolute atomic E-state index is 0.340. The summed E-state index contributed by atoms with van der Waals surface area (Å²) in [6.07, 6.45) is -0.962. The minimum atomic E-state index is -0.962. The summed E-state index contributed by atoms with van der Waals surface area (Å²) in [6.45, 7) is 1.39. The summed E-state index contributed by atoms with van der Waals surface area (Å²) in [6, 6.07) is 0. The fraction of sp³-hybridized carbons (Fsp3) is 0.800. The van der Waals surface area contributed by atoms with E-state index < -0.39 is 6.09 Å². The van der Waals surface area contributed by atoms with Crippen LogP contribution in [0, 0.1) is 0 Å². The van der Waals surface area contributed by atoms with Crippen LogP contribution in [0.3, 0.4) is 0 Å². The highest BCUT2D eigenvalue weighted by molar-refractivity contribution is 5.64. The fourth-order valence-electron chi connectivity index (χ4n) is 0.615. The molecule has 0 saturated heterocycles. The molecule has 10 heavy (non-hydrogen) atoms. The molecule has 0 heterocycles. The molecule has 1 amide bonds. The third-order valence-corrected chi connectivity index (χ3v) is 1.07. The van der Waals surface area contributed by atoms with Crippen molar-refractivity contribution in [2.45, 2.75) is 0 Å². The van der Waals surface area contributed by atoms with Crippen LogP contribution in [0.2, 0.25) is 0 Å². The van der Waals surface area contributed by atoms with Gasteiger partial charge >= 0.3 is 6.09 Å². The summed E-state index contributed by atoms with van der Waals surface area (Å²) in [5.74, 6) is 0. The molecule has 5 heteroatoms. The van der Waals surface area contributed by atoms with E-state index in [-0.39, 0.29) is 0 Å². The van der Waals surface area contributed by atoms with Crippen LogP contribution in [-0.4, -0.2) is 42.3 Å². The van der Waals surface area contributed by atoms with Gasteiger partial charge in [-0.05, 0) is 0 Å². The highest BCUT2D eigenvalue weighted by Gasteiger charge is 2.07. The lowest BCUT2D eigenvalue weighted by Crippen LogP contribution is -2.37. The average molecular weight is 147 g/mol. The highest BCUT2D eigenvalue weighted by Crippen LogP contribution is 1.84. The molecule has 5 N–H and O–H groups in total. The Kier molecular flexibility index (Phi) is 4.61. The van der Waals surface area contributed by atoms with Gasteiger partial charge in [-0.25, -0.2) is 4.79 Å². The van der Waals surface area contributed by atoms with Gasteiger partial charge in [-0.2, -0.15) is 0 Å². The average Bonchev–Trinajstić information content (AvgIpc) is 1.87. The largest absolute Gasteiger partial charge is 0.465 e. The molecule has 0 fully saturated rings. The van der Waals surface area contributed by atoms with Crippen LogP contribution in [0.15, 0.2) is 0 Å². The van der Waals surface area contributed by atoms with E-state index in [0.717, 1.165) is 0 Å². The van der Waals surface area contributed by atoms with Gasteiger partial charge in [-0.15, -0.1) is 0 Å². The van der Waals surface area contributed by atoms with Gasteiger partial charge in [0, 0.05) is 26.2 Å². The first kappa shape index (κ1) is 9.19.